The van der Waals surface area contributed by atoms with Crippen molar-refractivity contribution in [3.05, 3.63) is 88.5 Å². The molecule has 1 amide bonds. The Bertz CT molecular complexity index is 1140. The van der Waals surface area contributed by atoms with Gasteiger partial charge >= 0.3 is 0 Å². The molecule has 1 heterocycles. The second-order valence-electron chi connectivity index (χ2n) is 8.52. The Kier molecular flexibility index (Phi) is 7.38. The number of methoxy groups -OCH3 is 3. The highest BCUT2D eigenvalue weighted by atomic mass is 16.5. The lowest BCUT2D eigenvalue weighted by Gasteiger charge is -2.38. The summed E-state index contributed by atoms with van der Waals surface area (Å²) in [5.41, 5.74) is 5.24. The van der Waals surface area contributed by atoms with Crippen molar-refractivity contribution in [1.82, 2.24) is 10.2 Å². The first-order valence-electron chi connectivity index (χ1n) is 11.5. The van der Waals surface area contributed by atoms with Gasteiger partial charge in [-0.1, -0.05) is 30.3 Å². The number of nitrogens with zero attached hydrogens (tertiary/aromatic N) is 1. The van der Waals surface area contributed by atoms with Crippen LogP contribution in [0.25, 0.3) is 0 Å². The van der Waals surface area contributed by atoms with Gasteiger partial charge in [0.1, 0.15) is 5.75 Å². The Morgan fingerprint density at radius 3 is 2.35 bits per heavy atom. The van der Waals surface area contributed by atoms with Crippen molar-refractivity contribution in [3.8, 4) is 17.2 Å². The van der Waals surface area contributed by atoms with E-state index in [1.807, 2.05) is 43.3 Å². The molecule has 34 heavy (non-hydrogen) atoms. The smallest absolute Gasteiger partial charge is 0.251 e. The van der Waals surface area contributed by atoms with Gasteiger partial charge in [-0.3, -0.25) is 9.69 Å². The van der Waals surface area contributed by atoms with Crippen LogP contribution in [0.15, 0.2) is 60.7 Å². The summed E-state index contributed by atoms with van der Waals surface area (Å²) >= 11 is 0. The molecule has 1 aliphatic heterocycles. The zero-order valence-corrected chi connectivity index (χ0v) is 20.3. The number of carbonyl (C=O) groups is 1. The van der Waals surface area contributed by atoms with E-state index < -0.39 is 0 Å². The lowest BCUT2D eigenvalue weighted by molar-refractivity contribution is 0.0925. The molecule has 0 aliphatic carbocycles. The summed E-state index contributed by atoms with van der Waals surface area (Å²) in [5, 5.41) is 3.18. The molecule has 0 fully saturated rings. The highest BCUT2D eigenvalue weighted by Crippen LogP contribution is 2.38. The van der Waals surface area contributed by atoms with Crippen molar-refractivity contribution in [1.29, 1.82) is 0 Å². The Morgan fingerprint density at radius 2 is 1.68 bits per heavy atom. The molecule has 3 aromatic carbocycles. The van der Waals surface area contributed by atoms with E-state index in [-0.39, 0.29) is 11.9 Å². The van der Waals surface area contributed by atoms with Gasteiger partial charge in [-0.15, -0.1) is 0 Å². The maximum atomic E-state index is 13.0. The van der Waals surface area contributed by atoms with Crippen LogP contribution in [0.1, 0.15) is 38.7 Å². The fourth-order valence-corrected chi connectivity index (χ4v) is 4.59. The SMILES string of the molecule is COc1ccc(CN2CCc3cc(OC)c(OC)cc3C2CNC(=O)c2ccccc2C)cc1. The third-order valence-corrected chi connectivity index (χ3v) is 6.50. The molecular formula is C28H32N2O4. The molecule has 6 heteroatoms. The fourth-order valence-electron chi connectivity index (χ4n) is 4.59. The molecule has 0 radical (unpaired) electrons. The summed E-state index contributed by atoms with van der Waals surface area (Å²) < 4.78 is 16.4. The highest BCUT2D eigenvalue weighted by Gasteiger charge is 2.30. The van der Waals surface area contributed by atoms with Crippen LogP contribution in [0.5, 0.6) is 17.2 Å². The standard InChI is InChI=1S/C28H32N2O4/c1-19-7-5-6-8-23(19)28(31)29-17-25-24-16-27(34-4)26(33-3)15-21(24)13-14-30(25)18-20-9-11-22(32-2)12-10-20/h5-12,15-16,25H,13-14,17-18H2,1-4H3,(H,29,31). The zero-order valence-electron chi connectivity index (χ0n) is 20.3. The average molecular weight is 461 g/mol. The van der Waals surface area contributed by atoms with E-state index in [9.17, 15) is 4.79 Å². The molecule has 0 saturated heterocycles. The van der Waals surface area contributed by atoms with Crippen LogP contribution in [0, 0.1) is 6.92 Å². The molecule has 1 unspecified atom stereocenters. The van der Waals surface area contributed by atoms with Crippen LogP contribution in [0.3, 0.4) is 0 Å². The van der Waals surface area contributed by atoms with E-state index in [1.165, 1.54) is 11.1 Å². The van der Waals surface area contributed by atoms with Crippen LogP contribution in [-0.4, -0.2) is 45.2 Å². The van der Waals surface area contributed by atoms with E-state index in [2.05, 4.69) is 34.5 Å². The van der Waals surface area contributed by atoms with Crippen LogP contribution < -0.4 is 19.5 Å². The van der Waals surface area contributed by atoms with Gasteiger partial charge in [0.05, 0.1) is 27.4 Å². The van der Waals surface area contributed by atoms with Gasteiger partial charge in [-0.05, 0) is 65.9 Å². The fraction of sp³-hybridized carbons (Fsp3) is 0.321. The third-order valence-electron chi connectivity index (χ3n) is 6.50. The van der Waals surface area contributed by atoms with Gasteiger partial charge < -0.3 is 19.5 Å². The molecule has 6 nitrogen and oxygen atoms in total. The van der Waals surface area contributed by atoms with E-state index in [0.29, 0.717) is 17.9 Å². The van der Waals surface area contributed by atoms with Crippen molar-refractivity contribution < 1.29 is 19.0 Å². The van der Waals surface area contributed by atoms with Gasteiger partial charge in [0.15, 0.2) is 11.5 Å². The third kappa shape index (κ3) is 5.02. The van der Waals surface area contributed by atoms with Crippen LogP contribution in [0.2, 0.25) is 0 Å². The molecule has 0 saturated carbocycles. The van der Waals surface area contributed by atoms with E-state index in [0.717, 1.165) is 42.1 Å². The topological polar surface area (TPSA) is 60.0 Å². The Labute approximate surface area is 201 Å². The summed E-state index contributed by atoms with van der Waals surface area (Å²) in [6, 6.07) is 19.9. The Hall–Kier alpha value is -3.51. The first kappa shape index (κ1) is 23.6. The summed E-state index contributed by atoms with van der Waals surface area (Å²) in [5.74, 6) is 2.21. The van der Waals surface area contributed by atoms with Crippen molar-refractivity contribution in [2.24, 2.45) is 0 Å². The van der Waals surface area contributed by atoms with Crippen molar-refractivity contribution in [3.63, 3.8) is 0 Å². The number of aryl methyl sites for hydroxylation is 1. The maximum Gasteiger partial charge on any atom is 0.251 e. The van der Waals surface area contributed by atoms with E-state index in [4.69, 9.17) is 14.2 Å². The first-order valence-corrected chi connectivity index (χ1v) is 11.5. The van der Waals surface area contributed by atoms with Gasteiger partial charge in [0.2, 0.25) is 0 Å². The summed E-state index contributed by atoms with van der Waals surface area (Å²) in [7, 11) is 4.98. The van der Waals surface area contributed by atoms with Gasteiger partial charge in [-0.25, -0.2) is 0 Å². The lowest BCUT2D eigenvalue weighted by atomic mass is 9.91. The van der Waals surface area contributed by atoms with Crippen LogP contribution in [0.4, 0.5) is 0 Å². The average Bonchev–Trinajstić information content (AvgIpc) is 2.87. The Morgan fingerprint density at radius 1 is 0.971 bits per heavy atom. The number of rotatable bonds is 8. The molecule has 0 spiro atoms. The number of hydrogen-bond donors (Lipinski definition) is 1. The van der Waals surface area contributed by atoms with Crippen molar-refractivity contribution >= 4 is 5.91 Å². The summed E-state index contributed by atoms with van der Waals surface area (Å²) in [6.45, 7) is 4.09. The van der Waals surface area contributed by atoms with Crippen molar-refractivity contribution in [2.45, 2.75) is 25.9 Å². The molecule has 4 rings (SSSR count). The molecule has 0 aromatic heterocycles. The second-order valence-corrected chi connectivity index (χ2v) is 8.52. The molecule has 1 N–H and O–H groups in total. The molecule has 1 aliphatic rings. The number of hydrogen-bond acceptors (Lipinski definition) is 5. The predicted molar refractivity (Wildman–Crippen MR) is 133 cm³/mol. The number of ether oxygens (including phenoxy) is 3. The molecule has 1 atom stereocenters. The maximum absolute atomic E-state index is 13.0. The second kappa shape index (κ2) is 10.6. The summed E-state index contributed by atoms with van der Waals surface area (Å²) in [6.07, 6.45) is 0.897. The summed E-state index contributed by atoms with van der Waals surface area (Å²) in [4.78, 5) is 15.4. The molecule has 178 valence electrons. The number of fused-ring (bicyclic) bond motifs is 1. The van der Waals surface area contributed by atoms with Gasteiger partial charge in [-0.2, -0.15) is 0 Å². The molecular weight excluding hydrogens is 428 g/mol. The molecule has 3 aromatic rings. The number of carbonyl (C=O) groups excluding carboxylic acids is 1. The first-order chi connectivity index (χ1) is 16.5. The van der Waals surface area contributed by atoms with Crippen LogP contribution >= 0.6 is 0 Å². The van der Waals surface area contributed by atoms with Gasteiger partial charge in [0, 0.05) is 25.2 Å². The monoisotopic (exact) mass is 460 g/mol. The minimum atomic E-state index is -0.0601. The number of benzene rings is 3. The van der Waals surface area contributed by atoms with Crippen LogP contribution in [-0.2, 0) is 13.0 Å². The van der Waals surface area contributed by atoms with Crippen molar-refractivity contribution in [2.75, 3.05) is 34.4 Å². The van der Waals surface area contributed by atoms with Gasteiger partial charge in [0.25, 0.3) is 5.91 Å². The molecule has 0 bridgehead atoms. The predicted octanol–water partition coefficient (Wildman–Crippen LogP) is 4.55. The highest BCUT2D eigenvalue weighted by molar-refractivity contribution is 5.95. The van der Waals surface area contributed by atoms with E-state index >= 15 is 0 Å². The lowest BCUT2D eigenvalue weighted by Crippen LogP contribution is -2.42. The Balaban J connectivity index is 1.62. The van der Waals surface area contributed by atoms with E-state index in [1.54, 1.807) is 21.3 Å². The number of nitrogens with one attached hydrogen (secondary N) is 1. The zero-order chi connectivity index (χ0) is 24.1. The quantitative estimate of drug-likeness (QED) is 0.534. The largest absolute Gasteiger partial charge is 0.497 e. The number of amides is 1. The minimum Gasteiger partial charge on any atom is -0.497 e. The normalized spacial score (nSPS) is 15.4. The minimum absolute atomic E-state index is 0.00127.